The third-order valence-corrected chi connectivity index (χ3v) is 6.29. The molecule has 0 radical (unpaired) electrons. The molecule has 0 unspecified atom stereocenters. The van der Waals surface area contributed by atoms with Crippen LogP contribution < -0.4 is 10.1 Å². The van der Waals surface area contributed by atoms with Crippen molar-refractivity contribution >= 4 is 17.8 Å². The third-order valence-electron chi connectivity index (χ3n) is 6.29. The van der Waals surface area contributed by atoms with Crippen LogP contribution >= 0.6 is 0 Å². The molecule has 2 fully saturated rings. The number of amides is 4. The number of fused-ring (bicyclic) bond motifs is 2. The third kappa shape index (κ3) is 2.93. The van der Waals surface area contributed by atoms with Crippen LogP contribution in [0.1, 0.15) is 28.8 Å². The summed E-state index contributed by atoms with van der Waals surface area (Å²) < 4.78 is 5.68. The number of nitrogens with one attached hydrogen (secondary N) is 1. The van der Waals surface area contributed by atoms with Crippen molar-refractivity contribution in [3.05, 3.63) is 65.7 Å². The molecule has 3 aliphatic rings. The van der Waals surface area contributed by atoms with Crippen LogP contribution in [0.5, 0.6) is 5.75 Å². The fourth-order valence-corrected chi connectivity index (χ4v) is 4.73. The minimum atomic E-state index is -1.05. The zero-order valence-corrected chi connectivity index (χ0v) is 16.5. The number of likely N-dealkylation sites (tertiary alicyclic amines) is 1. The Morgan fingerprint density at radius 3 is 2.70 bits per heavy atom. The summed E-state index contributed by atoms with van der Waals surface area (Å²) in [7, 11) is 0. The lowest BCUT2D eigenvalue weighted by atomic mass is 9.84. The average molecular weight is 405 g/mol. The first kappa shape index (κ1) is 18.7. The van der Waals surface area contributed by atoms with Crippen LogP contribution in [0.2, 0.25) is 0 Å². The van der Waals surface area contributed by atoms with Crippen molar-refractivity contribution in [3.63, 3.8) is 0 Å². The molecule has 2 aromatic carbocycles. The minimum absolute atomic E-state index is 0.00914. The van der Waals surface area contributed by atoms with Gasteiger partial charge in [-0.25, -0.2) is 4.79 Å². The molecule has 2 atom stereocenters. The van der Waals surface area contributed by atoms with Crippen LogP contribution in [-0.2, 0) is 10.3 Å². The van der Waals surface area contributed by atoms with Crippen molar-refractivity contribution in [3.8, 4) is 5.75 Å². The maximum Gasteiger partial charge on any atom is 0.325 e. The Morgan fingerprint density at radius 2 is 1.87 bits per heavy atom. The predicted molar refractivity (Wildman–Crippen MR) is 109 cm³/mol. The number of hydrogen-bond acceptors (Lipinski definition) is 4. The number of urea groups is 1. The van der Waals surface area contributed by atoms with Crippen LogP contribution in [0, 0.1) is 5.92 Å². The van der Waals surface area contributed by atoms with Crippen molar-refractivity contribution in [1.29, 1.82) is 0 Å². The van der Waals surface area contributed by atoms with E-state index in [4.69, 9.17) is 4.74 Å². The smallest absolute Gasteiger partial charge is 0.325 e. The number of para-hydroxylation sites is 1. The lowest BCUT2D eigenvalue weighted by Gasteiger charge is -2.33. The van der Waals surface area contributed by atoms with Gasteiger partial charge < -0.3 is 15.0 Å². The quantitative estimate of drug-likeness (QED) is 0.796. The molecule has 7 heteroatoms. The molecule has 0 saturated carbocycles. The molecule has 1 N–H and O–H groups in total. The Hall–Kier alpha value is -3.35. The number of nitrogens with zero attached hydrogens (tertiary/aromatic N) is 2. The molecule has 7 nitrogen and oxygen atoms in total. The van der Waals surface area contributed by atoms with E-state index in [9.17, 15) is 14.4 Å². The molecule has 0 bridgehead atoms. The van der Waals surface area contributed by atoms with Gasteiger partial charge in [-0.15, -0.1) is 0 Å². The van der Waals surface area contributed by atoms with E-state index in [-0.39, 0.29) is 23.8 Å². The highest BCUT2D eigenvalue weighted by atomic mass is 16.5. The first-order chi connectivity index (χ1) is 14.6. The van der Waals surface area contributed by atoms with Gasteiger partial charge in [0.1, 0.15) is 5.75 Å². The molecule has 2 saturated heterocycles. The summed E-state index contributed by atoms with van der Waals surface area (Å²) in [4.78, 5) is 42.0. The predicted octanol–water partition coefficient (Wildman–Crippen LogP) is 2.38. The maximum absolute atomic E-state index is 13.4. The van der Waals surface area contributed by atoms with E-state index < -0.39 is 5.54 Å². The van der Waals surface area contributed by atoms with Crippen LogP contribution in [0.25, 0.3) is 0 Å². The van der Waals surface area contributed by atoms with E-state index >= 15 is 0 Å². The molecule has 1 spiro atoms. The molecule has 5 rings (SSSR count). The second-order valence-corrected chi connectivity index (χ2v) is 8.12. The fraction of sp³-hybridized carbons (Fsp3) is 0.348. The van der Waals surface area contributed by atoms with Gasteiger partial charge >= 0.3 is 6.03 Å². The second-order valence-electron chi connectivity index (χ2n) is 8.12. The van der Waals surface area contributed by atoms with Gasteiger partial charge in [-0.05, 0) is 30.5 Å². The van der Waals surface area contributed by atoms with Crippen LogP contribution in [0.3, 0.4) is 0 Å². The molecule has 0 aromatic heterocycles. The number of hydrogen-bond donors (Lipinski definition) is 1. The highest BCUT2D eigenvalue weighted by Crippen LogP contribution is 2.41. The Balaban J connectivity index is 1.31. The van der Waals surface area contributed by atoms with Crippen molar-refractivity contribution in [2.45, 2.75) is 18.4 Å². The standard InChI is InChI=1S/C23H23N3O4/c27-20(17-6-2-1-3-7-17)25-12-10-16(14-25)15-26-21(28)23(24-22(26)29)11-13-30-19-9-5-4-8-18(19)23/h1-9,16H,10-15H2,(H,24,29)/t16-,23+/m1/s1. The summed E-state index contributed by atoms with van der Waals surface area (Å²) in [5, 5.41) is 2.94. The van der Waals surface area contributed by atoms with Crippen molar-refractivity contribution in [2.24, 2.45) is 5.92 Å². The normalized spacial score (nSPS) is 25.3. The second kappa shape index (κ2) is 7.16. The first-order valence-corrected chi connectivity index (χ1v) is 10.3. The van der Waals surface area contributed by atoms with Crippen molar-refractivity contribution in [2.75, 3.05) is 26.2 Å². The van der Waals surface area contributed by atoms with Crippen molar-refractivity contribution < 1.29 is 19.1 Å². The minimum Gasteiger partial charge on any atom is -0.493 e. The molecule has 0 aliphatic carbocycles. The van der Waals surface area contributed by atoms with Gasteiger partial charge in [-0.1, -0.05) is 36.4 Å². The highest BCUT2D eigenvalue weighted by molar-refractivity contribution is 6.08. The first-order valence-electron chi connectivity index (χ1n) is 10.3. The van der Waals surface area contributed by atoms with Gasteiger partial charge in [0.05, 0.1) is 6.61 Å². The molecular weight excluding hydrogens is 382 g/mol. The van der Waals surface area contributed by atoms with Gasteiger partial charge in [0.15, 0.2) is 5.54 Å². The van der Waals surface area contributed by atoms with Crippen LogP contribution in [0.15, 0.2) is 54.6 Å². The number of imide groups is 1. The topological polar surface area (TPSA) is 79.0 Å². The van der Waals surface area contributed by atoms with Crippen LogP contribution in [0.4, 0.5) is 4.79 Å². The van der Waals surface area contributed by atoms with Crippen molar-refractivity contribution in [1.82, 2.24) is 15.1 Å². The summed E-state index contributed by atoms with van der Waals surface area (Å²) in [6, 6.07) is 16.2. The van der Waals surface area contributed by atoms with Gasteiger partial charge in [0.25, 0.3) is 11.8 Å². The zero-order valence-electron chi connectivity index (χ0n) is 16.5. The van der Waals surface area contributed by atoms with Crippen LogP contribution in [-0.4, -0.2) is 53.9 Å². The number of benzene rings is 2. The number of ether oxygens (including phenoxy) is 1. The largest absolute Gasteiger partial charge is 0.493 e. The van der Waals surface area contributed by atoms with E-state index in [1.807, 2.05) is 42.5 Å². The van der Waals surface area contributed by atoms with Gasteiger partial charge in [-0.3, -0.25) is 14.5 Å². The van der Waals surface area contributed by atoms with E-state index in [1.165, 1.54) is 4.90 Å². The molecule has 154 valence electrons. The average Bonchev–Trinajstić information content (AvgIpc) is 3.34. The lowest BCUT2D eigenvalue weighted by Crippen LogP contribution is -2.47. The van der Waals surface area contributed by atoms with E-state index in [1.54, 1.807) is 17.0 Å². The Morgan fingerprint density at radius 1 is 1.10 bits per heavy atom. The molecule has 3 aliphatic heterocycles. The summed E-state index contributed by atoms with van der Waals surface area (Å²) in [6.45, 7) is 1.86. The van der Waals surface area contributed by atoms with Gasteiger partial charge in [-0.2, -0.15) is 0 Å². The summed E-state index contributed by atoms with van der Waals surface area (Å²) in [6.07, 6.45) is 1.18. The Labute approximate surface area is 174 Å². The highest BCUT2D eigenvalue weighted by Gasteiger charge is 2.55. The Kier molecular flexibility index (Phi) is 4.46. The molecule has 30 heavy (non-hydrogen) atoms. The molecule has 3 heterocycles. The van der Waals surface area contributed by atoms with Gasteiger partial charge in [0.2, 0.25) is 0 Å². The summed E-state index contributed by atoms with van der Waals surface area (Å²) in [5.74, 6) is 0.471. The lowest BCUT2D eigenvalue weighted by molar-refractivity contribution is -0.133. The summed E-state index contributed by atoms with van der Waals surface area (Å²) >= 11 is 0. The van der Waals surface area contributed by atoms with Gasteiger partial charge in [0, 0.05) is 37.2 Å². The molecular formula is C23H23N3O4. The Bertz CT molecular complexity index is 1010. The monoisotopic (exact) mass is 405 g/mol. The van der Waals surface area contributed by atoms with E-state index in [0.717, 1.165) is 6.42 Å². The zero-order chi connectivity index (χ0) is 20.7. The SMILES string of the molecule is O=C(c1ccccc1)N1CC[C@@H](CN2C(=O)N[C@]3(CCOc4ccccc43)C2=O)C1. The van der Waals surface area contributed by atoms with E-state index in [0.29, 0.717) is 49.5 Å². The maximum atomic E-state index is 13.4. The number of carbonyl (C=O) groups is 3. The van der Waals surface area contributed by atoms with E-state index in [2.05, 4.69) is 5.32 Å². The number of carbonyl (C=O) groups excluding carboxylic acids is 3. The molecule has 2 aromatic rings. The number of rotatable bonds is 3. The summed E-state index contributed by atoms with van der Waals surface area (Å²) in [5.41, 5.74) is 0.319. The fourth-order valence-electron chi connectivity index (χ4n) is 4.73. The molecule has 4 amide bonds.